The van der Waals surface area contributed by atoms with Gasteiger partial charge in [-0.05, 0) is 70.7 Å². The zero-order chi connectivity index (χ0) is 15.2. The van der Waals surface area contributed by atoms with Gasteiger partial charge in [-0.25, -0.2) is 0 Å². The van der Waals surface area contributed by atoms with Crippen LogP contribution in [0, 0.1) is 0 Å². The molecule has 0 spiro atoms. The summed E-state index contributed by atoms with van der Waals surface area (Å²) in [5.74, 6) is 0. The Kier molecular flexibility index (Phi) is 6.68. The van der Waals surface area contributed by atoms with E-state index in [0.717, 1.165) is 33.4 Å². The van der Waals surface area contributed by atoms with E-state index in [1.165, 1.54) is 11.1 Å². The molecule has 0 amide bonds. The maximum Gasteiger partial charge on any atom is 0.0420 e. The second kappa shape index (κ2) is 8.28. The Morgan fingerprint density at radius 3 is 2.62 bits per heavy atom. The molecule has 1 unspecified atom stereocenters. The monoisotopic (exact) mass is 430 g/mol. The first-order valence-electron chi connectivity index (χ1n) is 6.87. The highest BCUT2D eigenvalue weighted by atomic mass is 79.9. The summed E-state index contributed by atoms with van der Waals surface area (Å²) in [5.41, 5.74) is 2.37. The summed E-state index contributed by atoms with van der Waals surface area (Å²) in [4.78, 5) is 4.24. The van der Waals surface area contributed by atoms with Gasteiger partial charge in [0.1, 0.15) is 0 Å². The number of halogens is 3. The molecule has 1 aromatic heterocycles. The Bertz CT molecular complexity index is 584. The molecular formula is C16H17Br2ClN2. The van der Waals surface area contributed by atoms with E-state index < -0.39 is 0 Å². The van der Waals surface area contributed by atoms with Crippen LogP contribution in [0.2, 0.25) is 5.02 Å². The zero-order valence-corrected chi connectivity index (χ0v) is 15.7. The van der Waals surface area contributed by atoms with Gasteiger partial charge in [0.2, 0.25) is 0 Å². The number of benzene rings is 1. The van der Waals surface area contributed by atoms with Gasteiger partial charge in [0.25, 0.3) is 0 Å². The predicted octanol–water partition coefficient (Wildman–Crippen LogP) is 5.54. The molecule has 0 aliphatic rings. The normalized spacial score (nSPS) is 12.4. The summed E-state index contributed by atoms with van der Waals surface area (Å²) >= 11 is 13.2. The van der Waals surface area contributed by atoms with Crippen LogP contribution in [0.1, 0.15) is 30.5 Å². The molecule has 21 heavy (non-hydrogen) atoms. The Hall–Kier alpha value is -0.420. The summed E-state index contributed by atoms with van der Waals surface area (Å²) in [5, 5.41) is 4.33. The van der Waals surface area contributed by atoms with Crippen LogP contribution in [-0.4, -0.2) is 11.5 Å². The van der Waals surface area contributed by atoms with Crippen LogP contribution in [0.4, 0.5) is 0 Å². The van der Waals surface area contributed by atoms with E-state index in [-0.39, 0.29) is 6.04 Å². The molecule has 5 heteroatoms. The van der Waals surface area contributed by atoms with E-state index >= 15 is 0 Å². The number of aromatic nitrogens is 1. The molecule has 1 heterocycles. The second-order valence-electron chi connectivity index (χ2n) is 4.93. The van der Waals surface area contributed by atoms with Crippen LogP contribution in [0.25, 0.3) is 0 Å². The van der Waals surface area contributed by atoms with E-state index in [1.807, 2.05) is 18.3 Å². The molecule has 112 valence electrons. The molecule has 2 nitrogen and oxygen atoms in total. The van der Waals surface area contributed by atoms with Gasteiger partial charge in [0, 0.05) is 32.4 Å². The molecule has 2 aromatic rings. The molecule has 0 saturated carbocycles. The summed E-state index contributed by atoms with van der Waals surface area (Å²) in [6.07, 6.45) is 5.67. The van der Waals surface area contributed by atoms with Crippen LogP contribution in [-0.2, 0) is 6.42 Å². The minimum absolute atomic E-state index is 0.219. The van der Waals surface area contributed by atoms with Gasteiger partial charge in [-0.1, -0.05) is 34.5 Å². The number of hydrogen-bond donors (Lipinski definition) is 1. The first-order valence-corrected chi connectivity index (χ1v) is 8.83. The van der Waals surface area contributed by atoms with Crippen molar-refractivity contribution in [3.05, 3.63) is 61.8 Å². The molecule has 0 fully saturated rings. The standard InChI is InChI=1S/C16H17Br2ClN2/c1-2-3-21-16(5-11-4-14(18)10-20-9-11)12-6-13(17)8-15(19)7-12/h4,6-10,16,21H,2-3,5H2,1H3. The van der Waals surface area contributed by atoms with Gasteiger partial charge >= 0.3 is 0 Å². The molecule has 2 rings (SSSR count). The molecule has 0 bridgehead atoms. The maximum atomic E-state index is 6.18. The number of nitrogens with one attached hydrogen (secondary N) is 1. The predicted molar refractivity (Wildman–Crippen MR) is 95.8 cm³/mol. The van der Waals surface area contributed by atoms with Gasteiger partial charge < -0.3 is 5.32 Å². The van der Waals surface area contributed by atoms with Gasteiger partial charge in [0.15, 0.2) is 0 Å². The van der Waals surface area contributed by atoms with Crippen molar-refractivity contribution in [1.82, 2.24) is 10.3 Å². The fraction of sp³-hybridized carbons (Fsp3) is 0.312. The Labute approximate surface area is 147 Å². The Morgan fingerprint density at radius 1 is 1.14 bits per heavy atom. The van der Waals surface area contributed by atoms with Crippen LogP contribution >= 0.6 is 43.5 Å². The number of pyridine rings is 1. The van der Waals surface area contributed by atoms with E-state index in [1.54, 1.807) is 6.20 Å². The van der Waals surface area contributed by atoms with Gasteiger partial charge in [-0.15, -0.1) is 0 Å². The smallest absolute Gasteiger partial charge is 0.0420 e. The lowest BCUT2D eigenvalue weighted by Gasteiger charge is -2.20. The SMILES string of the molecule is CCCNC(Cc1cncc(Br)c1)c1cc(Cl)cc(Br)c1. The minimum Gasteiger partial charge on any atom is -0.310 e. The van der Waals surface area contributed by atoms with Crippen molar-refractivity contribution in [2.45, 2.75) is 25.8 Å². The van der Waals surface area contributed by atoms with Gasteiger partial charge in [0.05, 0.1) is 0 Å². The van der Waals surface area contributed by atoms with Crippen LogP contribution in [0.15, 0.2) is 45.6 Å². The third-order valence-corrected chi connectivity index (χ3v) is 4.24. The Morgan fingerprint density at radius 2 is 1.95 bits per heavy atom. The van der Waals surface area contributed by atoms with Crippen molar-refractivity contribution in [3.8, 4) is 0 Å². The Balaban J connectivity index is 2.25. The average molecular weight is 433 g/mol. The molecule has 1 aromatic carbocycles. The molecule has 1 atom stereocenters. The summed E-state index contributed by atoms with van der Waals surface area (Å²) < 4.78 is 2.00. The minimum atomic E-state index is 0.219. The van der Waals surface area contributed by atoms with Gasteiger partial charge in [-0.3, -0.25) is 4.98 Å². The van der Waals surface area contributed by atoms with Crippen LogP contribution in [0.5, 0.6) is 0 Å². The van der Waals surface area contributed by atoms with Crippen molar-refractivity contribution in [3.63, 3.8) is 0 Å². The first kappa shape index (κ1) is 16.9. The third kappa shape index (κ3) is 5.37. The molecule has 0 aliphatic heterocycles. The molecule has 0 radical (unpaired) electrons. The number of hydrogen-bond acceptors (Lipinski definition) is 2. The molecule has 0 aliphatic carbocycles. The number of nitrogens with zero attached hydrogens (tertiary/aromatic N) is 1. The zero-order valence-electron chi connectivity index (χ0n) is 11.7. The lowest BCUT2D eigenvalue weighted by atomic mass is 9.99. The largest absolute Gasteiger partial charge is 0.310 e. The summed E-state index contributed by atoms with van der Waals surface area (Å²) in [6.45, 7) is 3.13. The fourth-order valence-electron chi connectivity index (χ4n) is 2.21. The molecular weight excluding hydrogens is 415 g/mol. The van der Waals surface area contributed by atoms with Gasteiger partial charge in [-0.2, -0.15) is 0 Å². The highest BCUT2D eigenvalue weighted by molar-refractivity contribution is 9.10. The van der Waals surface area contributed by atoms with E-state index in [4.69, 9.17) is 11.6 Å². The van der Waals surface area contributed by atoms with Crippen molar-refractivity contribution in [2.24, 2.45) is 0 Å². The lowest BCUT2D eigenvalue weighted by molar-refractivity contribution is 0.528. The fourth-order valence-corrected chi connectivity index (χ4v) is 3.50. The van der Waals surface area contributed by atoms with Crippen molar-refractivity contribution in [1.29, 1.82) is 0 Å². The second-order valence-corrected chi connectivity index (χ2v) is 7.19. The average Bonchev–Trinajstić information content (AvgIpc) is 2.42. The van der Waals surface area contributed by atoms with E-state index in [0.29, 0.717) is 0 Å². The lowest BCUT2D eigenvalue weighted by Crippen LogP contribution is -2.24. The van der Waals surface area contributed by atoms with Crippen molar-refractivity contribution in [2.75, 3.05) is 6.54 Å². The van der Waals surface area contributed by atoms with Crippen LogP contribution < -0.4 is 5.32 Å². The highest BCUT2D eigenvalue weighted by Crippen LogP contribution is 2.26. The van der Waals surface area contributed by atoms with E-state index in [9.17, 15) is 0 Å². The number of rotatable bonds is 6. The van der Waals surface area contributed by atoms with Crippen molar-refractivity contribution < 1.29 is 0 Å². The van der Waals surface area contributed by atoms with Crippen LogP contribution in [0.3, 0.4) is 0 Å². The molecule has 0 saturated heterocycles. The maximum absolute atomic E-state index is 6.18. The quantitative estimate of drug-likeness (QED) is 0.648. The molecule has 1 N–H and O–H groups in total. The summed E-state index contributed by atoms with van der Waals surface area (Å²) in [6, 6.07) is 8.36. The summed E-state index contributed by atoms with van der Waals surface area (Å²) in [7, 11) is 0. The third-order valence-electron chi connectivity index (χ3n) is 3.13. The highest BCUT2D eigenvalue weighted by Gasteiger charge is 2.13. The topological polar surface area (TPSA) is 24.9 Å². The van der Waals surface area contributed by atoms with E-state index in [2.05, 4.69) is 61.2 Å². The first-order chi connectivity index (χ1) is 10.1. The van der Waals surface area contributed by atoms with Crippen molar-refractivity contribution >= 4 is 43.5 Å².